The fourth-order valence-corrected chi connectivity index (χ4v) is 4.28. The van der Waals surface area contributed by atoms with Gasteiger partial charge in [-0.25, -0.2) is 0 Å². The Kier molecular flexibility index (Phi) is 7.80. The molecule has 1 aromatic heterocycles. The summed E-state index contributed by atoms with van der Waals surface area (Å²) >= 11 is 0. The number of aromatic nitrogens is 1. The standard InChI is InChI=1S/C23H31N3O4S/c1-16-11-25-20(15-31(27)22-24-10-8-6-7-9-17(2)26-22)18(3)21(16)28-12-19-13-29-23(4,5)30-14-19/h6-9,11,19H,2,10,12-15H2,1,3-5H3,(H,24,26)/b8-6-,9-7-. The Morgan fingerprint density at radius 2 is 2.03 bits per heavy atom. The van der Waals surface area contributed by atoms with E-state index < -0.39 is 16.6 Å². The van der Waals surface area contributed by atoms with Crippen molar-refractivity contribution in [2.24, 2.45) is 10.9 Å². The summed E-state index contributed by atoms with van der Waals surface area (Å²) in [5.74, 6) is 0.618. The predicted molar refractivity (Wildman–Crippen MR) is 123 cm³/mol. The van der Waals surface area contributed by atoms with Crippen LogP contribution < -0.4 is 10.1 Å². The van der Waals surface area contributed by atoms with Gasteiger partial charge in [0.05, 0.1) is 48.6 Å². The molecular weight excluding hydrogens is 414 g/mol. The lowest BCUT2D eigenvalue weighted by Crippen LogP contribution is -2.41. The highest BCUT2D eigenvalue weighted by Crippen LogP contribution is 2.27. The maximum Gasteiger partial charge on any atom is 0.192 e. The van der Waals surface area contributed by atoms with E-state index in [-0.39, 0.29) is 11.7 Å². The van der Waals surface area contributed by atoms with Crippen molar-refractivity contribution in [1.82, 2.24) is 10.3 Å². The Morgan fingerprint density at radius 3 is 2.77 bits per heavy atom. The summed E-state index contributed by atoms with van der Waals surface area (Å²) in [4.78, 5) is 8.91. The maximum atomic E-state index is 13.0. The summed E-state index contributed by atoms with van der Waals surface area (Å²) in [6, 6.07) is 0. The molecule has 1 aromatic rings. The van der Waals surface area contributed by atoms with Crippen molar-refractivity contribution in [3.05, 3.63) is 59.6 Å². The van der Waals surface area contributed by atoms with E-state index in [0.29, 0.717) is 37.2 Å². The first-order valence-electron chi connectivity index (χ1n) is 10.3. The van der Waals surface area contributed by atoms with Crippen LogP contribution in [0.4, 0.5) is 0 Å². The van der Waals surface area contributed by atoms with Crippen molar-refractivity contribution in [2.45, 2.75) is 39.2 Å². The minimum absolute atomic E-state index is 0.155. The second-order valence-electron chi connectivity index (χ2n) is 8.11. The zero-order chi connectivity index (χ0) is 22.4. The number of nitrogens with zero attached hydrogens (tertiary/aromatic N) is 2. The topological polar surface area (TPSA) is 82.0 Å². The number of hydrogen-bond donors (Lipinski definition) is 1. The zero-order valence-corrected chi connectivity index (χ0v) is 19.5. The first kappa shape index (κ1) is 23.4. The van der Waals surface area contributed by atoms with Gasteiger partial charge in [0.15, 0.2) is 11.0 Å². The summed E-state index contributed by atoms with van der Waals surface area (Å²) < 4.78 is 30.6. The molecule has 8 heteroatoms. The van der Waals surface area contributed by atoms with Crippen LogP contribution in [0.25, 0.3) is 0 Å². The molecule has 0 saturated carbocycles. The first-order valence-corrected chi connectivity index (χ1v) is 11.6. The van der Waals surface area contributed by atoms with Crippen LogP contribution in [0.1, 0.15) is 30.7 Å². The van der Waals surface area contributed by atoms with Crippen LogP contribution in [0, 0.1) is 19.8 Å². The molecule has 0 aromatic carbocycles. The van der Waals surface area contributed by atoms with Crippen molar-refractivity contribution in [1.29, 1.82) is 0 Å². The first-order chi connectivity index (χ1) is 14.7. The van der Waals surface area contributed by atoms with Gasteiger partial charge >= 0.3 is 0 Å². The van der Waals surface area contributed by atoms with Gasteiger partial charge in [-0.15, -0.1) is 0 Å². The quantitative estimate of drug-likeness (QED) is 0.749. The zero-order valence-electron chi connectivity index (χ0n) is 18.6. The Morgan fingerprint density at radius 1 is 1.29 bits per heavy atom. The number of aliphatic imine (C=N–C) groups is 1. The van der Waals surface area contributed by atoms with Gasteiger partial charge in [0.25, 0.3) is 0 Å². The van der Waals surface area contributed by atoms with Gasteiger partial charge in [-0.1, -0.05) is 24.8 Å². The van der Waals surface area contributed by atoms with E-state index in [4.69, 9.17) is 14.2 Å². The van der Waals surface area contributed by atoms with Gasteiger partial charge in [0, 0.05) is 28.9 Å². The lowest BCUT2D eigenvalue weighted by Gasteiger charge is -2.34. The van der Waals surface area contributed by atoms with E-state index in [9.17, 15) is 4.21 Å². The number of ether oxygens (including phenoxy) is 3. The molecule has 2 aliphatic heterocycles. The summed E-state index contributed by atoms with van der Waals surface area (Å²) in [6.45, 7) is 13.7. The summed E-state index contributed by atoms with van der Waals surface area (Å²) in [6.07, 6.45) is 9.23. The van der Waals surface area contributed by atoms with Gasteiger partial charge in [-0.2, -0.15) is 0 Å². The molecule has 1 saturated heterocycles. The second kappa shape index (κ2) is 10.3. The van der Waals surface area contributed by atoms with Crippen LogP contribution in [0.5, 0.6) is 5.75 Å². The molecular formula is C23H31N3O4S. The van der Waals surface area contributed by atoms with Gasteiger partial charge in [-0.3, -0.25) is 14.2 Å². The van der Waals surface area contributed by atoms with E-state index in [1.807, 2.05) is 52.0 Å². The van der Waals surface area contributed by atoms with Crippen LogP contribution >= 0.6 is 0 Å². The third kappa shape index (κ3) is 6.59. The molecule has 2 aliphatic rings. The smallest absolute Gasteiger partial charge is 0.192 e. The third-order valence-electron chi connectivity index (χ3n) is 4.98. The van der Waals surface area contributed by atoms with Crippen LogP contribution in [-0.2, 0) is 26.0 Å². The van der Waals surface area contributed by atoms with E-state index in [1.165, 1.54) is 0 Å². The minimum Gasteiger partial charge on any atom is -0.492 e. The number of pyridine rings is 1. The monoisotopic (exact) mass is 445 g/mol. The average Bonchev–Trinajstić information content (AvgIpc) is 2.83. The van der Waals surface area contributed by atoms with Gasteiger partial charge in [-0.05, 0) is 33.8 Å². The SMILES string of the molecule is C=C1/C=C\C=C/CN=C(S(=O)Cc2ncc(C)c(OCC3COC(C)(C)OC3)c2C)N1. The van der Waals surface area contributed by atoms with E-state index in [1.54, 1.807) is 6.20 Å². The van der Waals surface area contributed by atoms with Gasteiger partial charge in [0.1, 0.15) is 5.75 Å². The van der Waals surface area contributed by atoms with Crippen molar-refractivity contribution in [3.63, 3.8) is 0 Å². The van der Waals surface area contributed by atoms with E-state index in [0.717, 1.165) is 22.6 Å². The van der Waals surface area contributed by atoms with Gasteiger partial charge < -0.3 is 19.5 Å². The molecule has 1 unspecified atom stereocenters. The molecule has 168 valence electrons. The van der Waals surface area contributed by atoms with Crippen molar-refractivity contribution < 1.29 is 18.4 Å². The molecule has 0 aliphatic carbocycles. The van der Waals surface area contributed by atoms with Gasteiger partial charge in [0.2, 0.25) is 0 Å². The molecule has 3 heterocycles. The van der Waals surface area contributed by atoms with E-state index >= 15 is 0 Å². The Balaban J connectivity index is 1.68. The number of amidine groups is 1. The molecule has 1 fully saturated rings. The largest absolute Gasteiger partial charge is 0.492 e. The summed E-state index contributed by atoms with van der Waals surface area (Å²) in [5.41, 5.74) is 3.17. The lowest BCUT2D eigenvalue weighted by molar-refractivity contribution is -0.264. The Bertz CT molecular complexity index is 927. The number of hydrogen-bond acceptors (Lipinski definition) is 7. The summed E-state index contributed by atoms with van der Waals surface area (Å²) in [7, 11) is -1.39. The fourth-order valence-electron chi connectivity index (χ4n) is 3.14. The normalized spacial score (nSPS) is 22.3. The molecule has 0 amide bonds. The number of nitrogens with one attached hydrogen (secondary N) is 1. The molecule has 0 bridgehead atoms. The number of allylic oxidation sites excluding steroid dienone is 3. The van der Waals surface area contributed by atoms with E-state index in [2.05, 4.69) is 21.9 Å². The second-order valence-corrected chi connectivity index (χ2v) is 9.48. The predicted octanol–water partition coefficient (Wildman–Crippen LogP) is 3.31. The maximum absolute atomic E-state index is 13.0. The molecule has 7 nitrogen and oxygen atoms in total. The van der Waals surface area contributed by atoms with Crippen LogP contribution in [0.3, 0.4) is 0 Å². The summed E-state index contributed by atoms with van der Waals surface area (Å²) in [5, 5.41) is 3.43. The average molecular weight is 446 g/mol. The van der Waals surface area contributed by atoms with Crippen molar-refractivity contribution in [2.75, 3.05) is 26.4 Å². The molecule has 1 atom stereocenters. The Labute approximate surface area is 186 Å². The van der Waals surface area contributed by atoms with Crippen molar-refractivity contribution >= 4 is 16.0 Å². The van der Waals surface area contributed by atoms with Crippen LogP contribution in [-0.4, -0.2) is 46.5 Å². The van der Waals surface area contributed by atoms with Crippen LogP contribution in [0.15, 0.2) is 47.8 Å². The molecule has 1 N–H and O–H groups in total. The molecule has 0 spiro atoms. The Hall–Kier alpha value is -2.29. The molecule has 31 heavy (non-hydrogen) atoms. The number of aryl methyl sites for hydroxylation is 1. The van der Waals surface area contributed by atoms with Crippen molar-refractivity contribution in [3.8, 4) is 5.75 Å². The highest BCUT2D eigenvalue weighted by Gasteiger charge is 2.29. The highest BCUT2D eigenvalue weighted by atomic mass is 32.2. The minimum atomic E-state index is -1.39. The molecule has 3 rings (SSSR count). The number of rotatable bonds is 5. The lowest BCUT2D eigenvalue weighted by atomic mass is 10.1. The fraction of sp³-hybridized carbons (Fsp3) is 0.478. The third-order valence-corrected chi connectivity index (χ3v) is 6.18. The molecule has 0 radical (unpaired) electrons. The van der Waals surface area contributed by atoms with Crippen LogP contribution in [0.2, 0.25) is 0 Å². The highest BCUT2D eigenvalue weighted by molar-refractivity contribution is 7.99.